The minimum Gasteiger partial charge on any atom is -0.309 e. The van der Waals surface area contributed by atoms with Crippen molar-refractivity contribution in [1.82, 2.24) is 4.57 Å². The fraction of sp³-hybridized carbons (Fsp3) is 0.153. The van der Waals surface area contributed by atoms with E-state index in [0.717, 1.165) is 0 Å². The molecule has 0 fully saturated rings. The summed E-state index contributed by atoms with van der Waals surface area (Å²) in [5.74, 6) is 1.42. The summed E-state index contributed by atoms with van der Waals surface area (Å²) >= 11 is 0. The number of hydrogen-bond donors (Lipinski definition) is 0. The summed E-state index contributed by atoms with van der Waals surface area (Å²) in [5, 5.41) is 23.4. The van der Waals surface area contributed by atoms with Crippen LogP contribution in [0.15, 0.2) is 158 Å². The Morgan fingerprint density at radius 1 is 0.267 bits per heavy atom. The second kappa shape index (κ2) is 12.9. The van der Waals surface area contributed by atoms with Gasteiger partial charge in [-0.3, -0.25) is 0 Å². The average Bonchev–Trinajstić information content (AvgIpc) is 3.57. The number of aromatic nitrogens is 1. The molecule has 0 saturated heterocycles. The molecule has 11 aromatic carbocycles. The molecule has 1 heterocycles. The van der Waals surface area contributed by atoms with Crippen molar-refractivity contribution < 1.29 is 0 Å². The van der Waals surface area contributed by atoms with Gasteiger partial charge in [0.1, 0.15) is 0 Å². The van der Waals surface area contributed by atoms with Gasteiger partial charge < -0.3 is 4.57 Å². The zero-order chi connectivity index (χ0) is 40.6. The molecule has 0 aliphatic carbocycles. The molecule has 60 heavy (non-hydrogen) atoms. The summed E-state index contributed by atoms with van der Waals surface area (Å²) in [6.45, 7) is 13.7. The molecule has 12 rings (SSSR count). The van der Waals surface area contributed by atoms with E-state index in [-0.39, 0.29) is 0 Å². The molecule has 1 heteroatoms. The Bertz CT molecular complexity index is 3690. The van der Waals surface area contributed by atoms with E-state index in [1.807, 2.05) is 0 Å². The highest BCUT2D eigenvalue weighted by Gasteiger charge is 2.19. The molecule has 288 valence electrons. The molecule has 0 saturated carbocycles. The van der Waals surface area contributed by atoms with Crippen molar-refractivity contribution in [2.45, 2.75) is 59.3 Å². The van der Waals surface area contributed by atoms with E-state index in [4.69, 9.17) is 0 Å². The van der Waals surface area contributed by atoms with Gasteiger partial charge in [-0.05, 0) is 169 Å². The van der Waals surface area contributed by atoms with Crippen LogP contribution in [0.1, 0.15) is 76.0 Å². The van der Waals surface area contributed by atoms with Crippen LogP contribution in [0.3, 0.4) is 0 Å². The van der Waals surface area contributed by atoms with E-state index in [1.54, 1.807) is 0 Å². The van der Waals surface area contributed by atoms with Gasteiger partial charge in [0.05, 0.1) is 11.0 Å². The van der Waals surface area contributed by atoms with E-state index in [9.17, 15) is 0 Å². The molecule has 0 aliphatic rings. The topological polar surface area (TPSA) is 4.93 Å². The Morgan fingerprint density at radius 3 is 1.08 bits per heavy atom. The Balaban J connectivity index is 1.17. The number of benzene rings is 11. The maximum Gasteiger partial charge on any atom is 0.0547 e. The van der Waals surface area contributed by atoms with Crippen molar-refractivity contribution in [1.29, 1.82) is 0 Å². The fourth-order valence-corrected chi connectivity index (χ4v) is 10.4. The second-order valence-corrected chi connectivity index (χ2v) is 18.3. The first kappa shape index (κ1) is 35.3. The van der Waals surface area contributed by atoms with Crippen LogP contribution in [0.2, 0.25) is 0 Å². The molecular weight excluding hydrogens is 723 g/mol. The highest BCUT2D eigenvalue weighted by Crippen LogP contribution is 2.44. The van der Waals surface area contributed by atoms with E-state index >= 15 is 0 Å². The van der Waals surface area contributed by atoms with E-state index < -0.39 is 0 Å². The maximum atomic E-state index is 2.53. The largest absolute Gasteiger partial charge is 0.309 e. The van der Waals surface area contributed by atoms with Gasteiger partial charge in [0, 0.05) is 16.5 Å². The molecule has 0 spiro atoms. The lowest BCUT2D eigenvalue weighted by Crippen LogP contribution is -1.95. The Kier molecular flexibility index (Phi) is 7.58. The van der Waals surface area contributed by atoms with Crippen molar-refractivity contribution in [2.24, 2.45) is 0 Å². The van der Waals surface area contributed by atoms with Crippen LogP contribution in [0, 0.1) is 0 Å². The number of nitrogens with zero attached hydrogens (tertiary/aromatic N) is 1. The second-order valence-electron chi connectivity index (χ2n) is 18.3. The maximum absolute atomic E-state index is 2.53. The lowest BCUT2D eigenvalue weighted by molar-refractivity contribution is 0.869. The van der Waals surface area contributed by atoms with Crippen LogP contribution in [-0.2, 0) is 0 Å². The van der Waals surface area contributed by atoms with Gasteiger partial charge in [-0.25, -0.2) is 0 Å². The minimum atomic E-state index is 0.470. The van der Waals surface area contributed by atoms with Crippen LogP contribution in [-0.4, -0.2) is 4.57 Å². The van der Waals surface area contributed by atoms with Gasteiger partial charge in [-0.2, -0.15) is 0 Å². The summed E-state index contributed by atoms with van der Waals surface area (Å²) < 4.78 is 2.53. The Labute approximate surface area is 350 Å². The Hall–Kier alpha value is -6.70. The third-order valence-corrected chi connectivity index (χ3v) is 13.8. The van der Waals surface area contributed by atoms with Crippen LogP contribution in [0.5, 0.6) is 0 Å². The van der Waals surface area contributed by atoms with Gasteiger partial charge in [-0.15, -0.1) is 0 Å². The third-order valence-electron chi connectivity index (χ3n) is 13.8. The molecule has 0 N–H and O–H groups in total. The van der Waals surface area contributed by atoms with Gasteiger partial charge in [0.15, 0.2) is 0 Å². The van der Waals surface area contributed by atoms with Crippen LogP contribution >= 0.6 is 0 Å². The molecule has 0 bridgehead atoms. The highest BCUT2D eigenvalue weighted by atomic mass is 15.0. The number of rotatable bonds is 4. The monoisotopic (exact) mass is 769 g/mol. The molecule has 12 aromatic rings. The normalized spacial score (nSPS) is 12.6. The molecule has 0 aliphatic heterocycles. The molecule has 0 radical (unpaired) electrons. The van der Waals surface area contributed by atoms with E-state index in [2.05, 4.69) is 204 Å². The smallest absolute Gasteiger partial charge is 0.0547 e. The van der Waals surface area contributed by atoms with Gasteiger partial charge in [0.25, 0.3) is 0 Å². The summed E-state index contributed by atoms with van der Waals surface area (Å²) in [6, 6.07) is 61.2. The zero-order valence-corrected chi connectivity index (χ0v) is 35.2. The number of fused-ring (bicyclic) bond motifs is 17. The van der Waals surface area contributed by atoms with Crippen molar-refractivity contribution in [3.8, 4) is 5.69 Å². The number of hydrogen-bond acceptors (Lipinski definition) is 0. The molecule has 0 amide bonds. The van der Waals surface area contributed by atoms with E-state index in [1.165, 1.54) is 130 Å². The lowest BCUT2D eigenvalue weighted by Gasteiger charge is -2.17. The average molecular weight is 770 g/mol. The molecule has 0 unspecified atom stereocenters. The molecule has 1 nitrogen and oxygen atoms in total. The highest BCUT2D eigenvalue weighted by molar-refractivity contribution is 6.33. The molecular formula is C59H47N. The van der Waals surface area contributed by atoms with Crippen molar-refractivity contribution >= 4 is 108 Å². The zero-order valence-electron chi connectivity index (χ0n) is 35.2. The van der Waals surface area contributed by atoms with Gasteiger partial charge in [0.2, 0.25) is 0 Å². The first-order valence-corrected chi connectivity index (χ1v) is 21.8. The van der Waals surface area contributed by atoms with Gasteiger partial charge >= 0.3 is 0 Å². The van der Waals surface area contributed by atoms with Crippen LogP contribution in [0.4, 0.5) is 0 Å². The van der Waals surface area contributed by atoms with E-state index in [0.29, 0.717) is 17.8 Å². The predicted octanol–water partition coefficient (Wildman–Crippen LogP) is 17.4. The van der Waals surface area contributed by atoms with Crippen molar-refractivity contribution in [2.75, 3.05) is 0 Å². The van der Waals surface area contributed by atoms with Crippen LogP contribution < -0.4 is 0 Å². The minimum absolute atomic E-state index is 0.470. The predicted molar refractivity (Wildman–Crippen MR) is 263 cm³/mol. The van der Waals surface area contributed by atoms with Crippen molar-refractivity contribution in [3.05, 3.63) is 174 Å². The summed E-state index contributed by atoms with van der Waals surface area (Å²) in [4.78, 5) is 0. The summed E-state index contributed by atoms with van der Waals surface area (Å²) in [5.41, 5.74) is 7.79. The lowest BCUT2D eigenvalue weighted by atomic mass is 9.87. The first-order chi connectivity index (χ1) is 29.2. The summed E-state index contributed by atoms with van der Waals surface area (Å²) in [6.07, 6.45) is 0. The Morgan fingerprint density at radius 2 is 0.633 bits per heavy atom. The fourth-order valence-electron chi connectivity index (χ4n) is 10.4. The SMILES string of the molecule is CC(C)c1ccc2cc3c(cc2c1)c1cc2cc(C(C)C)ccc2cc1n3-c1ccc2c(c1)c1ccccc1c1cc3c4ccc(C(C)C)cc4c4ccccc4c3cc21. The quantitative estimate of drug-likeness (QED) is 0.124. The standard InChI is InChI=1S/C59H47N/c1-33(2)36-15-17-39-28-58-56(26-41(39)23-36)57-27-42-24-37(34(3)4)16-18-40(42)29-59(57)60(58)43-20-22-49-51(30-43)45-12-8-10-14-47(45)53-31-54-48-21-19-38(35(5)6)25-50(48)44-11-7-9-13-46(44)52(54)32-55(49)53/h7-35H,1-6H3. The molecule has 1 aromatic heterocycles. The molecule has 0 atom stereocenters. The van der Waals surface area contributed by atoms with Crippen molar-refractivity contribution in [3.63, 3.8) is 0 Å². The third kappa shape index (κ3) is 5.11. The van der Waals surface area contributed by atoms with Crippen LogP contribution in [0.25, 0.3) is 114 Å². The summed E-state index contributed by atoms with van der Waals surface area (Å²) in [7, 11) is 0. The first-order valence-electron chi connectivity index (χ1n) is 21.8. The van der Waals surface area contributed by atoms with Gasteiger partial charge in [-0.1, -0.05) is 151 Å².